The molecule has 5 nitrogen and oxygen atoms in total. The Labute approximate surface area is 119 Å². The van der Waals surface area contributed by atoms with Gasteiger partial charge in [0.1, 0.15) is 4.90 Å². The van der Waals surface area contributed by atoms with Crippen molar-refractivity contribution >= 4 is 21.6 Å². The standard InChI is InChI=1S/C12H19ClN2O3S/c1-3-10(8-18-2)15-19(16,17)12-5-4-9(7-14)6-11(12)13/h4-6,10,15H,3,7-8,14H2,1-2H3. The van der Waals surface area contributed by atoms with Gasteiger partial charge in [0.25, 0.3) is 0 Å². The molecule has 0 radical (unpaired) electrons. The number of hydrogen-bond donors (Lipinski definition) is 2. The molecule has 108 valence electrons. The normalized spacial score (nSPS) is 13.5. The first-order valence-corrected chi connectivity index (χ1v) is 7.80. The molecule has 19 heavy (non-hydrogen) atoms. The number of benzene rings is 1. The highest BCUT2D eigenvalue weighted by Crippen LogP contribution is 2.22. The lowest BCUT2D eigenvalue weighted by Gasteiger charge is -2.17. The Balaban J connectivity index is 3.00. The first kappa shape index (κ1) is 16.4. The van der Waals surface area contributed by atoms with Crippen LogP contribution < -0.4 is 10.5 Å². The van der Waals surface area contributed by atoms with Crippen molar-refractivity contribution in [3.05, 3.63) is 28.8 Å². The van der Waals surface area contributed by atoms with Crippen molar-refractivity contribution in [2.45, 2.75) is 30.8 Å². The van der Waals surface area contributed by atoms with Gasteiger partial charge in [0.15, 0.2) is 0 Å². The minimum atomic E-state index is -3.65. The molecule has 0 spiro atoms. The molecular formula is C12H19ClN2O3S. The Bertz CT molecular complexity index is 520. The minimum Gasteiger partial charge on any atom is -0.383 e. The van der Waals surface area contributed by atoms with Crippen molar-refractivity contribution < 1.29 is 13.2 Å². The monoisotopic (exact) mass is 306 g/mol. The molecule has 1 atom stereocenters. The molecule has 0 amide bonds. The van der Waals surface area contributed by atoms with Gasteiger partial charge in [0.2, 0.25) is 10.0 Å². The summed E-state index contributed by atoms with van der Waals surface area (Å²) in [5.74, 6) is 0. The average molecular weight is 307 g/mol. The van der Waals surface area contributed by atoms with Gasteiger partial charge in [0, 0.05) is 19.7 Å². The molecule has 0 saturated carbocycles. The summed E-state index contributed by atoms with van der Waals surface area (Å²) < 4.78 is 32.0. The molecule has 1 aromatic rings. The number of nitrogens with one attached hydrogen (secondary N) is 1. The number of methoxy groups -OCH3 is 1. The topological polar surface area (TPSA) is 81.4 Å². The molecule has 1 aromatic carbocycles. The fraction of sp³-hybridized carbons (Fsp3) is 0.500. The average Bonchev–Trinajstić information content (AvgIpc) is 2.37. The second-order valence-electron chi connectivity index (χ2n) is 4.15. The van der Waals surface area contributed by atoms with E-state index < -0.39 is 10.0 Å². The van der Waals surface area contributed by atoms with E-state index in [1.165, 1.54) is 13.2 Å². The van der Waals surface area contributed by atoms with E-state index in [9.17, 15) is 8.42 Å². The third-order valence-electron chi connectivity index (χ3n) is 2.70. The predicted molar refractivity (Wildman–Crippen MR) is 75.6 cm³/mol. The first-order chi connectivity index (χ1) is 8.94. The number of ether oxygens (including phenoxy) is 1. The van der Waals surface area contributed by atoms with Gasteiger partial charge in [0.05, 0.1) is 11.6 Å². The van der Waals surface area contributed by atoms with Crippen LogP contribution in [0.15, 0.2) is 23.1 Å². The maximum Gasteiger partial charge on any atom is 0.242 e. The highest BCUT2D eigenvalue weighted by atomic mass is 35.5. The van der Waals surface area contributed by atoms with Crippen LogP contribution in [0.25, 0.3) is 0 Å². The van der Waals surface area contributed by atoms with Crippen molar-refractivity contribution in [2.75, 3.05) is 13.7 Å². The Morgan fingerprint density at radius 1 is 1.47 bits per heavy atom. The quantitative estimate of drug-likeness (QED) is 0.800. The summed E-state index contributed by atoms with van der Waals surface area (Å²) in [6, 6.07) is 4.40. The van der Waals surface area contributed by atoms with E-state index in [1.54, 1.807) is 12.1 Å². The van der Waals surface area contributed by atoms with Crippen molar-refractivity contribution in [3.8, 4) is 0 Å². The number of sulfonamides is 1. The molecule has 0 aliphatic rings. The highest BCUT2D eigenvalue weighted by molar-refractivity contribution is 7.89. The largest absolute Gasteiger partial charge is 0.383 e. The highest BCUT2D eigenvalue weighted by Gasteiger charge is 2.21. The van der Waals surface area contributed by atoms with Crippen molar-refractivity contribution in [3.63, 3.8) is 0 Å². The molecule has 0 heterocycles. The van der Waals surface area contributed by atoms with Crippen LogP contribution in [-0.2, 0) is 21.3 Å². The van der Waals surface area contributed by atoms with Gasteiger partial charge in [-0.2, -0.15) is 0 Å². The van der Waals surface area contributed by atoms with E-state index >= 15 is 0 Å². The van der Waals surface area contributed by atoms with Crippen molar-refractivity contribution in [1.82, 2.24) is 4.72 Å². The van der Waals surface area contributed by atoms with E-state index in [0.717, 1.165) is 5.56 Å². The van der Waals surface area contributed by atoms with Crippen LogP contribution in [0.1, 0.15) is 18.9 Å². The van der Waals surface area contributed by atoms with E-state index in [2.05, 4.69) is 4.72 Å². The summed E-state index contributed by atoms with van der Waals surface area (Å²) >= 11 is 5.99. The van der Waals surface area contributed by atoms with E-state index in [0.29, 0.717) is 19.6 Å². The third kappa shape index (κ3) is 4.43. The van der Waals surface area contributed by atoms with Crippen LogP contribution in [0.4, 0.5) is 0 Å². The van der Waals surface area contributed by atoms with Gasteiger partial charge in [-0.3, -0.25) is 0 Å². The molecule has 0 saturated heterocycles. The fourth-order valence-corrected chi connectivity index (χ4v) is 3.48. The van der Waals surface area contributed by atoms with E-state index in [-0.39, 0.29) is 16.0 Å². The molecule has 0 aliphatic carbocycles. The van der Waals surface area contributed by atoms with Gasteiger partial charge < -0.3 is 10.5 Å². The molecule has 7 heteroatoms. The predicted octanol–water partition coefficient (Wildman–Crippen LogP) is 1.50. The Kier molecular flexibility index (Phi) is 6.22. The maximum absolute atomic E-state index is 12.2. The number of rotatable bonds is 7. The SMILES string of the molecule is CCC(COC)NS(=O)(=O)c1ccc(CN)cc1Cl. The Hall–Kier alpha value is -0.660. The van der Waals surface area contributed by atoms with E-state index in [4.69, 9.17) is 22.1 Å². The zero-order chi connectivity index (χ0) is 14.5. The lowest BCUT2D eigenvalue weighted by molar-refractivity contribution is 0.173. The summed E-state index contributed by atoms with van der Waals surface area (Å²) in [6.45, 7) is 2.51. The minimum absolute atomic E-state index is 0.0564. The van der Waals surface area contributed by atoms with Gasteiger partial charge in [-0.25, -0.2) is 13.1 Å². The fourth-order valence-electron chi connectivity index (χ4n) is 1.61. The zero-order valence-corrected chi connectivity index (χ0v) is 12.6. The van der Waals surface area contributed by atoms with Crippen LogP contribution in [0.3, 0.4) is 0 Å². The molecule has 0 aromatic heterocycles. The number of hydrogen-bond acceptors (Lipinski definition) is 4. The molecule has 0 bridgehead atoms. The summed E-state index contributed by atoms with van der Waals surface area (Å²) in [5.41, 5.74) is 6.26. The van der Waals surface area contributed by atoms with Crippen molar-refractivity contribution in [1.29, 1.82) is 0 Å². The maximum atomic E-state index is 12.2. The summed E-state index contributed by atoms with van der Waals surface area (Å²) in [7, 11) is -2.12. The first-order valence-electron chi connectivity index (χ1n) is 5.94. The van der Waals surface area contributed by atoms with Gasteiger partial charge >= 0.3 is 0 Å². The number of nitrogens with two attached hydrogens (primary N) is 1. The van der Waals surface area contributed by atoms with Crippen LogP contribution in [0.5, 0.6) is 0 Å². The molecular weight excluding hydrogens is 288 g/mol. The smallest absolute Gasteiger partial charge is 0.242 e. The Morgan fingerprint density at radius 3 is 2.63 bits per heavy atom. The van der Waals surface area contributed by atoms with Crippen molar-refractivity contribution in [2.24, 2.45) is 5.73 Å². The van der Waals surface area contributed by atoms with Gasteiger partial charge in [-0.15, -0.1) is 0 Å². The molecule has 1 unspecified atom stereocenters. The van der Waals surface area contributed by atoms with Crippen LogP contribution >= 0.6 is 11.6 Å². The van der Waals surface area contributed by atoms with Crippen LogP contribution in [0, 0.1) is 0 Å². The Morgan fingerprint density at radius 2 is 2.16 bits per heavy atom. The molecule has 3 N–H and O–H groups in total. The lowest BCUT2D eigenvalue weighted by atomic mass is 10.2. The summed E-state index contributed by atoms with van der Waals surface area (Å²) in [5, 5.41) is 0.169. The molecule has 0 fully saturated rings. The van der Waals surface area contributed by atoms with Crippen LogP contribution in [0.2, 0.25) is 5.02 Å². The van der Waals surface area contributed by atoms with E-state index in [1.807, 2.05) is 6.92 Å². The molecule has 0 aliphatic heterocycles. The van der Waals surface area contributed by atoms with Gasteiger partial charge in [-0.1, -0.05) is 24.6 Å². The second kappa shape index (κ2) is 7.21. The number of halogens is 1. The zero-order valence-electron chi connectivity index (χ0n) is 11.0. The summed E-state index contributed by atoms with van der Waals surface area (Å²) in [4.78, 5) is 0.0564. The third-order valence-corrected chi connectivity index (χ3v) is 4.71. The van der Waals surface area contributed by atoms with Gasteiger partial charge in [-0.05, 0) is 24.1 Å². The van der Waals surface area contributed by atoms with Crippen LogP contribution in [-0.4, -0.2) is 28.2 Å². The molecule has 1 rings (SSSR count). The lowest BCUT2D eigenvalue weighted by Crippen LogP contribution is -2.37. The summed E-state index contributed by atoms with van der Waals surface area (Å²) in [6.07, 6.45) is 0.631. The second-order valence-corrected chi connectivity index (χ2v) is 6.24.